The number of β-amino-alcohol motifs (C(OH)–C–C–N with tert-alkyl or cyclic N) is 1. The predicted molar refractivity (Wildman–Crippen MR) is 109 cm³/mol. The number of hydrogen-bond donors (Lipinski definition) is 3. The molecule has 4 atom stereocenters. The second-order valence-electron chi connectivity index (χ2n) is 7.99. The maximum Gasteiger partial charge on any atom is 0.239 e. The summed E-state index contributed by atoms with van der Waals surface area (Å²) in [5.74, 6) is 0.896. The quantitative estimate of drug-likeness (QED) is 0.607. The monoisotopic (exact) mass is 424 g/mol. The number of carbonyl (C=O) groups excluding carboxylic acids is 2. The highest BCUT2D eigenvalue weighted by atomic mass is 35.5. The van der Waals surface area contributed by atoms with Gasteiger partial charge in [-0.1, -0.05) is 19.8 Å². The minimum absolute atomic E-state index is 0. The second kappa shape index (κ2) is 11.4. The van der Waals surface area contributed by atoms with Crippen LogP contribution in [0.25, 0.3) is 0 Å². The van der Waals surface area contributed by atoms with Gasteiger partial charge in [0.1, 0.15) is 0 Å². The number of carbonyl (C=O) groups is 2. The maximum atomic E-state index is 12.4. The molecule has 158 valence electrons. The average Bonchev–Trinajstić information content (AvgIpc) is 3.01. The highest BCUT2D eigenvalue weighted by Gasteiger charge is 2.33. The van der Waals surface area contributed by atoms with Crippen LogP contribution >= 0.6 is 24.8 Å². The van der Waals surface area contributed by atoms with Crippen molar-refractivity contribution < 1.29 is 14.7 Å². The van der Waals surface area contributed by atoms with Gasteiger partial charge in [0.15, 0.2) is 0 Å². The third-order valence-electron chi connectivity index (χ3n) is 5.76. The van der Waals surface area contributed by atoms with Crippen molar-refractivity contribution in [3.8, 4) is 0 Å². The molecule has 2 amide bonds. The van der Waals surface area contributed by atoms with E-state index in [2.05, 4.69) is 22.5 Å². The van der Waals surface area contributed by atoms with E-state index in [1.54, 1.807) is 0 Å². The SMILES string of the molecule is CC1CCCC(NC(=O)CN2CCN(C(=O)C3CC(O)CN3)CC2)C1.Cl.Cl. The zero-order chi connectivity index (χ0) is 17.8. The molecule has 1 saturated carbocycles. The third-order valence-corrected chi connectivity index (χ3v) is 5.76. The van der Waals surface area contributed by atoms with Gasteiger partial charge in [0.2, 0.25) is 11.8 Å². The molecule has 27 heavy (non-hydrogen) atoms. The molecule has 3 N–H and O–H groups in total. The van der Waals surface area contributed by atoms with Crippen LogP contribution in [0.5, 0.6) is 0 Å². The molecule has 0 aromatic heterocycles. The Balaban J connectivity index is 0.00000182. The standard InChI is InChI=1S/C18H32N4O3.2ClH/c1-13-3-2-4-14(9-13)20-17(24)12-21-5-7-22(8-6-21)18(25)16-10-15(23)11-19-16;;/h13-16,19,23H,2-12H2,1H3,(H,20,24);2*1H. The molecule has 3 aliphatic rings. The fraction of sp³-hybridized carbons (Fsp3) is 0.889. The minimum atomic E-state index is -0.415. The van der Waals surface area contributed by atoms with Crippen LogP contribution in [0.15, 0.2) is 0 Å². The number of piperazine rings is 1. The van der Waals surface area contributed by atoms with Gasteiger partial charge in [-0.2, -0.15) is 0 Å². The lowest BCUT2D eigenvalue weighted by Crippen LogP contribution is -2.54. The molecule has 9 heteroatoms. The molecule has 4 unspecified atom stereocenters. The van der Waals surface area contributed by atoms with Crippen LogP contribution in [0.2, 0.25) is 0 Å². The highest BCUT2D eigenvalue weighted by molar-refractivity contribution is 5.85. The van der Waals surface area contributed by atoms with Crippen LogP contribution < -0.4 is 10.6 Å². The Hall–Kier alpha value is -0.600. The molecular weight excluding hydrogens is 391 g/mol. The number of amides is 2. The van der Waals surface area contributed by atoms with Gasteiger partial charge in [0.05, 0.1) is 18.7 Å². The van der Waals surface area contributed by atoms with Crippen molar-refractivity contribution in [2.45, 2.75) is 57.2 Å². The largest absolute Gasteiger partial charge is 0.392 e. The normalized spacial score (nSPS) is 31.6. The van der Waals surface area contributed by atoms with Crippen molar-refractivity contribution in [3.05, 3.63) is 0 Å². The van der Waals surface area contributed by atoms with Crippen LogP contribution in [-0.4, -0.2) is 84.2 Å². The van der Waals surface area contributed by atoms with Gasteiger partial charge in [0.25, 0.3) is 0 Å². The van der Waals surface area contributed by atoms with Gasteiger partial charge in [-0.25, -0.2) is 0 Å². The molecule has 0 radical (unpaired) electrons. The van der Waals surface area contributed by atoms with Crippen LogP contribution in [0.3, 0.4) is 0 Å². The molecule has 3 rings (SSSR count). The smallest absolute Gasteiger partial charge is 0.239 e. The fourth-order valence-corrected chi connectivity index (χ4v) is 4.29. The summed E-state index contributed by atoms with van der Waals surface area (Å²) in [7, 11) is 0. The zero-order valence-electron chi connectivity index (χ0n) is 16.1. The Morgan fingerprint density at radius 1 is 1.11 bits per heavy atom. The van der Waals surface area contributed by atoms with Crippen LogP contribution in [0, 0.1) is 5.92 Å². The van der Waals surface area contributed by atoms with E-state index >= 15 is 0 Å². The number of hydrogen-bond acceptors (Lipinski definition) is 5. The predicted octanol–water partition coefficient (Wildman–Crippen LogP) is 0.392. The van der Waals surface area contributed by atoms with Crippen molar-refractivity contribution >= 4 is 36.6 Å². The first-order chi connectivity index (χ1) is 12.0. The molecule has 0 bridgehead atoms. The first kappa shape index (κ1) is 24.4. The summed E-state index contributed by atoms with van der Waals surface area (Å²) in [5, 5.41) is 15.8. The van der Waals surface area contributed by atoms with E-state index in [9.17, 15) is 14.7 Å². The van der Waals surface area contributed by atoms with Gasteiger partial charge >= 0.3 is 0 Å². The van der Waals surface area contributed by atoms with E-state index in [0.29, 0.717) is 44.6 Å². The summed E-state index contributed by atoms with van der Waals surface area (Å²) in [6.07, 6.45) is 4.75. The molecule has 1 aliphatic carbocycles. The minimum Gasteiger partial charge on any atom is -0.392 e. The summed E-state index contributed by atoms with van der Waals surface area (Å²) in [6.45, 7) is 5.95. The molecule has 0 aromatic carbocycles. The summed E-state index contributed by atoms with van der Waals surface area (Å²) in [5.41, 5.74) is 0. The van der Waals surface area contributed by atoms with E-state index in [0.717, 1.165) is 25.9 Å². The van der Waals surface area contributed by atoms with Crippen molar-refractivity contribution in [1.29, 1.82) is 0 Å². The van der Waals surface area contributed by atoms with Crippen molar-refractivity contribution in [2.75, 3.05) is 39.3 Å². The number of halogens is 2. The molecule has 2 aliphatic heterocycles. The van der Waals surface area contributed by atoms with E-state index in [1.165, 1.54) is 12.8 Å². The lowest BCUT2D eigenvalue weighted by atomic mass is 9.87. The van der Waals surface area contributed by atoms with E-state index in [1.807, 2.05) is 4.90 Å². The zero-order valence-corrected chi connectivity index (χ0v) is 17.7. The molecule has 7 nitrogen and oxygen atoms in total. The third kappa shape index (κ3) is 7.06. The molecule has 3 fully saturated rings. The Kier molecular flexibility index (Phi) is 10.3. The van der Waals surface area contributed by atoms with Crippen LogP contribution in [0.4, 0.5) is 0 Å². The Bertz CT molecular complexity index is 489. The van der Waals surface area contributed by atoms with Crippen molar-refractivity contribution in [3.63, 3.8) is 0 Å². The Labute approximate surface area is 174 Å². The van der Waals surface area contributed by atoms with Crippen molar-refractivity contribution in [1.82, 2.24) is 20.4 Å². The Morgan fingerprint density at radius 2 is 1.81 bits per heavy atom. The van der Waals surface area contributed by atoms with Gasteiger partial charge in [0, 0.05) is 38.8 Å². The average molecular weight is 425 g/mol. The summed E-state index contributed by atoms with van der Waals surface area (Å²) >= 11 is 0. The van der Waals surface area contributed by atoms with Gasteiger partial charge in [-0.15, -0.1) is 24.8 Å². The molecule has 2 heterocycles. The topological polar surface area (TPSA) is 84.9 Å². The lowest BCUT2D eigenvalue weighted by molar-refractivity contribution is -0.135. The molecule has 2 saturated heterocycles. The van der Waals surface area contributed by atoms with Crippen molar-refractivity contribution in [2.24, 2.45) is 5.92 Å². The fourth-order valence-electron chi connectivity index (χ4n) is 4.29. The van der Waals surface area contributed by atoms with Gasteiger partial charge < -0.3 is 20.6 Å². The molecule has 0 aromatic rings. The number of nitrogens with zero attached hydrogens (tertiary/aromatic N) is 2. The first-order valence-electron chi connectivity index (χ1n) is 9.73. The number of aliphatic hydroxyl groups excluding tert-OH is 1. The Morgan fingerprint density at radius 3 is 2.41 bits per heavy atom. The summed E-state index contributed by atoms with van der Waals surface area (Å²) in [4.78, 5) is 28.7. The van der Waals surface area contributed by atoms with E-state index in [4.69, 9.17) is 0 Å². The summed E-state index contributed by atoms with van der Waals surface area (Å²) < 4.78 is 0. The van der Waals surface area contributed by atoms with Crippen LogP contribution in [0.1, 0.15) is 39.0 Å². The van der Waals surface area contributed by atoms with Gasteiger partial charge in [-0.05, 0) is 25.2 Å². The molecular formula is C18H34Cl2N4O3. The summed E-state index contributed by atoms with van der Waals surface area (Å²) in [6, 6.07) is 0.0807. The first-order valence-corrected chi connectivity index (χ1v) is 9.73. The second-order valence-corrected chi connectivity index (χ2v) is 7.99. The van der Waals surface area contributed by atoms with E-state index in [-0.39, 0.29) is 42.7 Å². The van der Waals surface area contributed by atoms with Gasteiger partial charge in [-0.3, -0.25) is 14.5 Å². The number of nitrogens with one attached hydrogen (secondary N) is 2. The number of aliphatic hydroxyl groups is 1. The molecule has 0 spiro atoms. The highest BCUT2D eigenvalue weighted by Crippen LogP contribution is 2.23. The van der Waals surface area contributed by atoms with Crippen LogP contribution in [-0.2, 0) is 9.59 Å². The maximum absolute atomic E-state index is 12.4. The number of rotatable bonds is 4. The van der Waals surface area contributed by atoms with E-state index < -0.39 is 6.10 Å². The lowest BCUT2D eigenvalue weighted by Gasteiger charge is -2.36.